The van der Waals surface area contributed by atoms with Gasteiger partial charge in [-0.2, -0.15) is 0 Å². The molecule has 0 spiro atoms. The number of pyridine rings is 1. The summed E-state index contributed by atoms with van der Waals surface area (Å²) in [6.07, 6.45) is 2.50. The highest BCUT2D eigenvalue weighted by atomic mass is 16.3. The first-order chi connectivity index (χ1) is 8.08. The van der Waals surface area contributed by atoms with E-state index in [2.05, 4.69) is 30.7 Å². The van der Waals surface area contributed by atoms with Gasteiger partial charge in [-0.05, 0) is 31.4 Å². The topological polar surface area (TPSA) is 36.4 Å². The molecule has 0 fully saturated rings. The molecule has 17 heavy (non-hydrogen) atoms. The van der Waals surface area contributed by atoms with E-state index >= 15 is 0 Å². The zero-order chi connectivity index (χ0) is 12.8. The van der Waals surface area contributed by atoms with Gasteiger partial charge < -0.3 is 10.0 Å². The molecule has 0 aromatic carbocycles. The Morgan fingerprint density at radius 2 is 2.00 bits per heavy atom. The Balaban J connectivity index is 2.75. The van der Waals surface area contributed by atoms with Crippen LogP contribution in [-0.4, -0.2) is 23.2 Å². The van der Waals surface area contributed by atoms with E-state index in [1.165, 1.54) is 6.42 Å². The van der Waals surface area contributed by atoms with Gasteiger partial charge in [-0.15, -0.1) is 0 Å². The molecule has 1 rings (SSSR count). The van der Waals surface area contributed by atoms with Crippen LogP contribution in [0.2, 0.25) is 0 Å². The Morgan fingerprint density at radius 3 is 2.41 bits per heavy atom. The molecule has 3 heteroatoms. The molecule has 0 radical (unpaired) electrons. The molecule has 1 aromatic heterocycles. The van der Waals surface area contributed by atoms with Crippen LogP contribution in [0.3, 0.4) is 0 Å². The summed E-state index contributed by atoms with van der Waals surface area (Å²) < 4.78 is 0. The molecule has 0 bridgehead atoms. The molecule has 1 aromatic rings. The van der Waals surface area contributed by atoms with Gasteiger partial charge in [0.25, 0.3) is 0 Å². The summed E-state index contributed by atoms with van der Waals surface area (Å²) >= 11 is 0. The summed E-state index contributed by atoms with van der Waals surface area (Å²) in [6, 6.07) is 3.94. The van der Waals surface area contributed by atoms with Gasteiger partial charge in [0.2, 0.25) is 0 Å². The van der Waals surface area contributed by atoms with Crippen molar-refractivity contribution in [3.63, 3.8) is 0 Å². The molecule has 0 amide bonds. The third-order valence-electron chi connectivity index (χ3n) is 3.19. The number of hydrogen-bond donors (Lipinski definition) is 1. The highest BCUT2D eigenvalue weighted by molar-refractivity contribution is 5.39. The average Bonchev–Trinajstić information content (AvgIpc) is 2.35. The zero-order valence-corrected chi connectivity index (χ0v) is 11.3. The van der Waals surface area contributed by atoms with Crippen molar-refractivity contribution < 1.29 is 5.11 Å². The van der Waals surface area contributed by atoms with Crippen molar-refractivity contribution in [2.24, 2.45) is 5.92 Å². The quantitative estimate of drug-likeness (QED) is 0.825. The first kappa shape index (κ1) is 14.0. The number of aliphatic hydroxyl groups is 1. The van der Waals surface area contributed by atoms with Crippen molar-refractivity contribution in [2.75, 3.05) is 18.0 Å². The summed E-state index contributed by atoms with van der Waals surface area (Å²) in [5, 5.41) is 9.44. The second-order valence-corrected chi connectivity index (χ2v) is 4.68. The molecule has 0 aliphatic rings. The monoisotopic (exact) mass is 236 g/mol. The molecular weight excluding hydrogens is 212 g/mol. The van der Waals surface area contributed by atoms with E-state index < -0.39 is 6.10 Å². The molecular formula is C14H24N2O. The normalized spacial score (nSPS) is 14.4. The van der Waals surface area contributed by atoms with E-state index in [1.54, 1.807) is 13.1 Å². The van der Waals surface area contributed by atoms with E-state index in [9.17, 15) is 5.11 Å². The van der Waals surface area contributed by atoms with E-state index in [0.717, 1.165) is 24.5 Å². The van der Waals surface area contributed by atoms with Gasteiger partial charge in [-0.3, -0.25) is 0 Å². The largest absolute Gasteiger partial charge is 0.389 e. The van der Waals surface area contributed by atoms with Crippen LogP contribution in [0.15, 0.2) is 18.3 Å². The van der Waals surface area contributed by atoms with Gasteiger partial charge in [0, 0.05) is 19.3 Å². The lowest BCUT2D eigenvalue weighted by molar-refractivity contribution is 0.199. The average molecular weight is 236 g/mol. The first-order valence-electron chi connectivity index (χ1n) is 6.47. The molecule has 0 saturated heterocycles. The van der Waals surface area contributed by atoms with Crippen LogP contribution in [0.4, 0.5) is 5.82 Å². The van der Waals surface area contributed by atoms with Crippen LogP contribution in [0.5, 0.6) is 0 Å². The van der Waals surface area contributed by atoms with Gasteiger partial charge in [-0.1, -0.05) is 26.3 Å². The van der Waals surface area contributed by atoms with E-state index in [0.29, 0.717) is 5.92 Å². The van der Waals surface area contributed by atoms with Crippen LogP contribution in [0.1, 0.15) is 45.8 Å². The minimum Gasteiger partial charge on any atom is -0.389 e. The summed E-state index contributed by atoms with van der Waals surface area (Å²) in [6.45, 7) is 10.4. The van der Waals surface area contributed by atoms with Gasteiger partial charge in [0.05, 0.1) is 6.10 Å². The van der Waals surface area contributed by atoms with Crippen molar-refractivity contribution in [1.29, 1.82) is 0 Å². The predicted molar refractivity (Wildman–Crippen MR) is 72.2 cm³/mol. The van der Waals surface area contributed by atoms with E-state index in [4.69, 9.17) is 0 Å². The summed E-state index contributed by atoms with van der Waals surface area (Å²) in [4.78, 5) is 6.70. The Kier molecular flexibility index (Phi) is 5.42. The molecule has 2 atom stereocenters. The Labute approximate surface area is 104 Å². The fourth-order valence-corrected chi connectivity index (χ4v) is 1.72. The molecule has 0 aliphatic heterocycles. The Bertz CT molecular complexity index is 321. The lowest BCUT2D eigenvalue weighted by Gasteiger charge is -2.25. The van der Waals surface area contributed by atoms with E-state index in [-0.39, 0.29) is 0 Å². The van der Waals surface area contributed by atoms with Crippen LogP contribution >= 0.6 is 0 Å². The van der Waals surface area contributed by atoms with Crippen LogP contribution < -0.4 is 4.90 Å². The maximum atomic E-state index is 9.44. The maximum absolute atomic E-state index is 9.44. The lowest BCUT2D eigenvalue weighted by Crippen LogP contribution is -2.28. The van der Waals surface area contributed by atoms with Crippen molar-refractivity contribution in [3.8, 4) is 0 Å². The van der Waals surface area contributed by atoms with Crippen LogP contribution in [0.25, 0.3) is 0 Å². The second-order valence-electron chi connectivity index (χ2n) is 4.68. The smallest absolute Gasteiger partial charge is 0.128 e. The standard InChI is InChI=1S/C14H24N2O/c1-5-11(3)10-16(6-2)14-8-7-13(9-15-14)12(4)17/h7-9,11-12,17H,5-6,10H2,1-4H3/t11?,12-/m0/s1. The number of aliphatic hydroxyl groups excluding tert-OH is 1. The molecule has 1 N–H and O–H groups in total. The maximum Gasteiger partial charge on any atom is 0.128 e. The third kappa shape index (κ3) is 4.00. The van der Waals surface area contributed by atoms with Gasteiger partial charge in [-0.25, -0.2) is 4.98 Å². The molecule has 0 aliphatic carbocycles. The lowest BCUT2D eigenvalue weighted by atomic mass is 10.1. The summed E-state index contributed by atoms with van der Waals surface area (Å²) in [5.41, 5.74) is 0.869. The Morgan fingerprint density at radius 1 is 1.29 bits per heavy atom. The van der Waals surface area contributed by atoms with Crippen LogP contribution in [0, 0.1) is 5.92 Å². The highest BCUT2D eigenvalue weighted by Crippen LogP contribution is 2.17. The zero-order valence-electron chi connectivity index (χ0n) is 11.3. The third-order valence-corrected chi connectivity index (χ3v) is 3.19. The fraction of sp³-hybridized carbons (Fsp3) is 0.643. The number of hydrogen-bond acceptors (Lipinski definition) is 3. The SMILES string of the molecule is CCC(C)CN(CC)c1ccc([C@H](C)O)cn1. The van der Waals surface area contributed by atoms with Crippen LogP contribution in [-0.2, 0) is 0 Å². The molecule has 96 valence electrons. The number of nitrogens with zero attached hydrogens (tertiary/aromatic N) is 2. The van der Waals surface area contributed by atoms with Crippen molar-refractivity contribution in [2.45, 2.75) is 40.2 Å². The molecule has 1 unspecified atom stereocenters. The highest BCUT2D eigenvalue weighted by Gasteiger charge is 2.10. The summed E-state index contributed by atoms with van der Waals surface area (Å²) in [5.74, 6) is 1.67. The van der Waals surface area contributed by atoms with Gasteiger partial charge in [0.15, 0.2) is 0 Å². The predicted octanol–water partition coefficient (Wildman–Crippen LogP) is 3.01. The van der Waals surface area contributed by atoms with Crippen molar-refractivity contribution in [3.05, 3.63) is 23.9 Å². The van der Waals surface area contributed by atoms with Gasteiger partial charge >= 0.3 is 0 Å². The fourth-order valence-electron chi connectivity index (χ4n) is 1.72. The van der Waals surface area contributed by atoms with Gasteiger partial charge in [0.1, 0.15) is 5.82 Å². The van der Waals surface area contributed by atoms with Crippen molar-refractivity contribution >= 4 is 5.82 Å². The van der Waals surface area contributed by atoms with Crippen molar-refractivity contribution in [1.82, 2.24) is 4.98 Å². The van der Waals surface area contributed by atoms with E-state index in [1.807, 2.05) is 12.1 Å². The number of aromatic nitrogens is 1. The molecule has 3 nitrogen and oxygen atoms in total. The minimum absolute atomic E-state index is 0.443. The summed E-state index contributed by atoms with van der Waals surface area (Å²) in [7, 11) is 0. The number of anilines is 1. The first-order valence-corrected chi connectivity index (χ1v) is 6.47. The molecule has 0 saturated carbocycles. The number of rotatable bonds is 6. The Hall–Kier alpha value is -1.09. The minimum atomic E-state index is -0.443. The molecule has 1 heterocycles. The second kappa shape index (κ2) is 6.60.